The van der Waals surface area contributed by atoms with E-state index >= 15 is 0 Å². The molecule has 1 aliphatic heterocycles. The minimum Gasteiger partial charge on any atom is -0.290 e. The maximum Gasteiger partial charge on any atom is 0.401 e. The molecule has 0 radical (unpaired) electrons. The summed E-state index contributed by atoms with van der Waals surface area (Å²) in [6.45, 7) is 2.12. The number of hydrogen-bond acceptors (Lipinski definition) is 1. The summed E-state index contributed by atoms with van der Waals surface area (Å²) >= 11 is 0. The van der Waals surface area contributed by atoms with Gasteiger partial charge in [-0.1, -0.05) is 18.2 Å². The van der Waals surface area contributed by atoms with Crippen LogP contribution in [0.3, 0.4) is 0 Å². The Hall–Kier alpha value is -1.03. The minimum atomic E-state index is -4.10. The van der Waals surface area contributed by atoms with E-state index in [0.29, 0.717) is 13.1 Å². The van der Waals surface area contributed by atoms with Crippen molar-refractivity contribution in [2.75, 3.05) is 13.1 Å². The first-order chi connectivity index (χ1) is 7.46. The third-order valence-electron chi connectivity index (χ3n) is 2.98. The van der Waals surface area contributed by atoms with Crippen LogP contribution in [0, 0.1) is 6.92 Å². The van der Waals surface area contributed by atoms with Crippen molar-refractivity contribution < 1.29 is 13.2 Å². The van der Waals surface area contributed by atoms with Crippen LogP contribution in [0.25, 0.3) is 0 Å². The summed E-state index contributed by atoms with van der Waals surface area (Å²) in [4.78, 5) is 1.46. The van der Waals surface area contributed by atoms with E-state index < -0.39 is 12.7 Å². The summed E-state index contributed by atoms with van der Waals surface area (Å²) in [5.74, 6) is 0. The summed E-state index contributed by atoms with van der Waals surface area (Å²) in [6, 6.07) is 5.84. The van der Waals surface area contributed by atoms with Gasteiger partial charge in [-0.05, 0) is 30.0 Å². The molecule has 0 spiro atoms. The molecule has 1 aliphatic rings. The SMILES string of the molecule is Cc1cccc2c1CCN(CC(F)(F)F)C2. The van der Waals surface area contributed by atoms with Gasteiger partial charge in [-0.15, -0.1) is 0 Å². The van der Waals surface area contributed by atoms with Gasteiger partial charge in [-0.2, -0.15) is 13.2 Å². The normalized spacial score (nSPS) is 17.2. The average molecular weight is 229 g/mol. The molecule has 0 bridgehead atoms. The Balaban J connectivity index is 2.12. The molecule has 0 aromatic heterocycles. The van der Waals surface area contributed by atoms with E-state index in [9.17, 15) is 13.2 Å². The Morgan fingerprint density at radius 1 is 1.31 bits per heavy atom. The second-order valence-electron chi connectivity index (χ2n) is 4.29. The van der Waals surface area contributed by atoms with Gasteiger partial charge in [0, 0.05) is 13.1 Å². The van der Waals surface area contributed by atoms with Crippen LogP contribution < -0.4 is 0 Å². The van der Waals surface area contributed by atoms with E-state index in [2.05, 4.69) is 0 Å². The molecule has 0 saturated heterocycles. The molecule has 0 unspecified atom stereocenters. The van der Waals surface area contributed by atoms with Crippen LogP contribution in [0.15, 0.2) is 18.2 Å². The zero-order valence-corrected chi connectivity index (χ0v) is 9.14. The summed E-state index contributed by atoms with van der Waals surface area (Å²) in [5, 5.41) is 0. The number of fused-ring (bicyclic) bond motifs is 1. The van der Waals surface area contributed by atoms with Crippen molar-refractivity contribution in [2.24, 2.45) is 0 Å². The molecular formula is C12H14F3N. The number of halogens is 3. The fourth-order valence-electron chi connectivity index (χ4n) is 2.25. The zero-order valence-electron chi connectivity index (χ0n) is 9.14. The fraction of sp³-hybridized carbons (Fsp3) is 0.500. The van der Waals surface area contributed by atoms with Crippen LogP contribution >= 0.6 is 0 Å². The average Bonchev–Trinajstić information content (AvgIpc) is 2.15. The van der Waals surface area contributed by atoms with E-state index in [1.165, 1.54) is 16.0 Å². The lowest BCUT2D eigenvalue weighted by Crippen LogP contribution is -2.38. The maximum absolute atomic E-state index is 12.3. The Labute approximate surface area is 92.9 Å². The van der Waals surface area contributed by atoms with E-state index in [4.69, 9.17) is 0 Å². The predicted molar refractivity (Wildman–Crippen MR) is 56.2 cm³/mol. The van der Waals surface area contributed by atoms with Crippen molar-refractivity contribution in [3.63, 3.8) is 0 Å². The zero-order chi connectivity index (χ0) is 11.8. The minimum absolute atomic E-state index is 0.413. The number of benzene rings is 1. The molecule has 1 heterocycles. The molecular weight excluding hydrogens is 215 g/mol. The summed E-state index contributed by atoms with van der Waals surface area (Å²) in [6.07, 6.45) is -3.38. The molecule has 0 amide bonds. The summed E-state index contributed by atoms with van der Waals surface area (Å²) in [7, 11) is 0. The molecule has 0 fully saturated rings. The van der Waals surface area contributed by atoms with Gasteiger partial charge < -0.3 is 0 Å². The number of hydrogen-bond donors (Lipinski definition) is 0. The van der Waals surface area contributed by atoms with Crippen LogP contribution in [0.5, 0.6) is 0 Å². The number of nitrogens with zero attached hydrogens (tertiary/aromatic N) is 1. The van der Waals surface area contributed by atoms with Crippen LogP contribution in [-0.4, -0.2) is 24.2 Å². The Morgan fingerprint density at radius 2 is 2.06 bits per heavy atom. The highest BCUT2D eigenvalue weighted by atomic mass is 19.4. The fourth-order valence-corrected chi connectivity index (χ4v) is 2.25. The van der Waals surface area contributed by atoms with Crippen molar-refractivity contribution in [3.05, 3.63) is 34.9 Å². The Kier molecular flexibility index (Phi) is 2.93. The van der Waals surface area contributed by atoms with Crippen LogP contribution in [-0.2, 0) is 13.0 Å². The van der Waals surface area contributed by atoms with Crippen LogP contribution in [0.1, 0.15) is 16.7 Å². The van der Waals surface area contributed by atoms with Crippen molar-refractivity contribution >= 4 is 0 Å². The number of rotatable bonds is 1. The maximum atomic E-state index is 12.3. The lowest BCUT2D eigenvalue weighted by molar-refractivity contribution is -0.147. The largest absolute Gasteiger partial charge is 0.401 e. The molecule has 16 heavy (non-hydrogen) atoms. The molecule has 1 aromatic rings. The molecule has 4 heteroatoms. The molecule has 1 aromatic carbocycles. The quantitative estimate of drug-likeness (QED) is 0.715. The molecule has 0 saturated carbocycles. The van der Waals surface area contributed by atoms with Crippen molar-refractivity contribution in [2.45, 2.75) is 26.1 Å². The second-order valence-corrected chi connectivity index (χ2v) is 4.29. The van der Waals surface area contributed by atoms with Crippen molar-refractivity contribution in [3.8, 4) is 0 Å². The Bertz CT molecular complexity index is 384. The molecule has 2 rings (SSSR count). The molecule has 0 N–H and O–H groups in total. The van der Waals surface area contributed by atoms with Gasteiger partial charge in [0.05, 0.1) is 6.54 Å². The lowest BCUT2D eigenvalue weighted by Gasteiger charge is -2.30. The topological polar surface area (TPSA) is 3.24 Å². The van der Waals surface area contributed by atoms with Crippen LogP contribution in [0.2, 0.25) is 0 Å². The van der Waals surface area contributed by atoms with E-state index in [0.717, 1.165) is 12.0 Å². The smallest absolute Gasteiger partial charge is 0.290 e. The number of aryl methyl sites for hydroxylation is 1. The second kappa shape index (κ2) is 4.09. The molecule has 0 atom stereocenters. The van der Waals surface area contributed by atoms with Gasteiger partial charge in [0.25, 0.3) is 0 Å². The first-order valence-electron chi connectivity index (χ1n) is 5.32. The van der Waals surface area contributed by atoms with Gasteiger partial charge in [0.2, 0.25) is 0 Å². The van der Waals surface area contributed by atoms with E-state index in [-0.39, 0.29) is 0 Å². The third kappa shape index (κ3) is 2.55. The Morgan fingerprint density at radius 3 is 2.75 bits per heavy atom. The first-order valence-corrected chi connectivity index (χ1v) is 5.32. The van der Waals surface area contributed by atoms with E-state index in [1.54, 1.807) is 0 Å². The molecule has 88 valence electrons. The number of alkyl halides is 3. The highest BCUT2D eigenvalue weighted by molar-refractivity contribution is 5.36. The summed E-state index contributed by atoms with van der Waals surface area (Å²) in [5.41, 5.74) is 3.44. The lowest BCUT2D eigenvalue weighted by atomic mass is 9.95. The standard InChI is InChI=1S/C12H14F3N/c1-9-3-2-4-10-7-16(6-5-11(9)10)8-12(13,14)15/h2-4H,5-8H2,1H3. The van der Waals surface area contributed by atoms with Crippen molar-refractivity contribution in [1.29, 1.82) is 0 Å². The van der Waals surface area contributed by atoms with Crippen molar-refractivity contribution in [1.82, 2.24) is 4.90 Å². The monoisotopic (exact) mass is 229 g/mol. The van der Waals surface area contributed by atoms with Gasteiger partial charge >= 0.3 is 6.18 Å². The van der Waals surface area contributed by atoms with Gasteiger partial charge in [0.1, 0.15) is 0 Å². The van der Waals surface area contributed by atoms with Gasteiger partial charge in [-0.25, -0.2) is 0 Å². The first kappa shape index (κ1) is 11.5. The van der Waals surface area contributed by atoms with Gasteiger partial charge in [-0.3, -0.25) is 4.90 Å². The van der Waals surface area contributed by atoms with E-state index in [1.807, 2.05) is 25.1 Å². The highest BCUT2D eigenvalue weighted by Crippen LogP contribution is 2.25. The molecule has 1 nitrogen and oxygen atoms in total. The third-order valence-corrected chi connectivity index (χ3v) is 2.98. The summed E-state index contributed by atoms with van der Waals surface area (Å²) < 4.78 is 36.8. The molecule has 0 aliphatic carbocycles. The highest BCUT2D eigenvalue weighted by Gasteiger charge is 2.32. The van der Waals surface area contributed by atoms with Gasteiger partial charge in [0.15, 0.2) is 0 Å². The predicted octanol–water partition coefficient (Wildman–Crippen LogP) is 2.92. The van der Waals surface area contributed by atoms with Crippen LogP contribution in [0.4, 0.5) is 13.2 Å².